The average Bonchev–Trinajstić information content (AvgIpc) is 2.83. The molecule has 3 aromatic rings. The van der Waals surface area contributed by atoms with Gasteiger partial charge in [0.25, 0.3) is 0 Å². The molecular weight excluding hydrogens is 210 g/mol. The predicted molar refractivity (Wildman–Crippen MR) is 70.6 cm³/mol. The van der Waals surface area contributed by atoms with Crippen molar-refractivity contribution in [1.29, 1.82) is 0 Å². The summed E-state index contributed by atoms with van der Waals surface area (Å²) in [7, 11) is 1.92. The van der Waals surface area contributed by atoms with Crippen LogP contribution in [0.5, 0.6) is 0 Å². The van der Waals surface area contributed by atoms with Gasteiger partial charge in [-0.1, -0.05) is 12.1 Å². The maximum Gasteiger partial charge on any atom is 0.100 e. The molecule has 84 valence electrons. The van der Waals surface area contributed by atoms with Crippen LogP contribution in [0.15, 0.2) is 54.9 Å². The first kappa shape index (κ1) is 9.90. The Morgan fingerprint density at radius 2 is 1.76 bits per heavy atom. The second-order valence-electron chi connectivity index (χ2n) is 3.90. The van der Waals surface area contributed by atoms with E-state index >= 15 is 0 Å². The highest BCUT2D eigenvalue weighted by molar-refractivity contribution is 5.77. The first-order chi connectivity index (χ1) is 8.38. The van der Waals surface area contributed by atoms with Gasteiger partial charge in [0.2, 0.25) is 0 Å². The van der Waals surface area contributed by atoms with Crippen LogP contribution in [0.3, 0.4) is 0 Å². The van der Waals surface area contributed by atoms with Crippen LogP contribution in [0.2, 0.25) is 0 Å². The van der Waals surface area contributed by atoms with Crippen molar-refractivity contribution >= 4 is 16.7 Å². The number of fused-ring (bicyclic) bond motifs is 1. The van der Waals surface area contributed by atoms with E-state index in [1.165, 1.54) is 0 Å². The third-order valence-corrected chi connectivity index (χ3v) is 2.89. The molecule has 0 aliphatic carbocycles. The Labute approximate surface area is 99.7 Å². The molecule has 0 aliphatic rings. The van der Waals surface area contributed by atoms with E-state index in [2.05, 4.69) is 45.2 Å². The van der Waals surface area contributed by atoms with Crippen LogP contribution in [0.1, 0.15) is 0 Å². The summed E-state index contributed by atoms with van der Waals surface area (Å²) in [6, 6.07) is 16.4. The average molecular weight is 223 g/mol. The Bertz CT molecular complexity index is 638. The molecule has 1 N–H and O–H groups in total. The summed E-state index contributed by atoms with van der Waals surface area (Å²) < 4.78 is 2.09. The van der Waals surface area contributed by atoms with E-state index in [1.807, 2.05) is 31.6 Å². The number of nitrogens with zero attached hydrogens (tertiary/aromatic N) is 2. The number of anilines is 1. The molecule has 0 amide bonds. The van der Waals surface area contributed by atoms with Gasteiger partial charge in [0.15, 0.2) is 0 Å². The molecule has 0 bridgehead atoms. The highest BCUT2D eigenvalue weighted by Gasteiger charge is 2.02. The van der Waals surface area contributed by atoms with Crippen molar-refractivity contribution in [3.05, 3.63) is 54.9 Å². The molecule has 17 heavy (non-hydrogen) atoms. The van der Waals surface area contributed by atoms with Crippen LogP contribution in [0.25, 0.3) is 16.7 Å². The number of rotatable bonds is 2. The minimum atomic E-state index is 1.02. The summed E-state index contributed by atoms with van der Waals surface area (Å²) in [5.41, 5.74) is 4.38. The van der Waals surface area contributed by atoms with Crippen molar-refractivity contribution < 1.29 is 0 Å². The summed E-state index contributed by atoms with van der Waals surface area (Å²) in [5.74, 6) is 0. The van der Waals surface area contributed by atoms with Crippen LogP contribution in [0, 0.1) is 0 Å². The zero-order valence-corrected chi connectivity index (χ0v) is 9.59. The lowest BCUT2D eigenvalue weighted by Crippen LogP contribution is -1.93. The Hall–Kier alpha value is -2.29. The SMILES string of the molecule is CNc1ccc(-n2cnc3ccccc32)cc1. The first-order valence-electron chi connectivity index (χ1n) is 5.59. The second kappa shape index (κ2) is 3.94. The Balaban J connectivity index is 2.13. The van der Waals surface area contributed by atoms with Crippen LogP contribution < -0.4 is 5.32 Å². The van der Waals surface area contributed by atoms with Crippen molar-refractivity contribution in [2.75, 3.05) is 12.4 Å². The molecule has 0 saturated carbocycles. The van der Waals surface area contributed by atoms with E-state index in [0.717, 1.165) is 22.4 Å². The summed E-state index contributed by atoms with van der Waals surface area (Å²) >= 11 is 0. The molecule has 3 rings (SSSR count). The lowest BCUT2D eigenvalue weighted by molar-refractivity contribution is 1.09. The number of imidazole rings is 1. The molecule has 0 saturated heterocycles. The molecule has 2 aromatic carbocycles. The lowest BCUT2D eigenvalue weighted by atomic mass is 10.2. The van der Waals surface area contributed by atoms with Gasteiger partial charge in [0.1, 0.15) is 6.33 Å². The van der Waals surface area contributed by atoms with Gasteiger partial charge in [-0.05, 0) is 36.4 Å². The van der Waals surface area contributed by atoms with E-state index in [9.17, 15) is 0 Å². The number of nitrogens with one attached hydrogen (secondary N) is 1. The second-order valence-corrected chi connectivity index (χ2v) is 3.90. The van der Waals surface area contributed by atoms with E-state index in [4.69, 9.17) is 0 Å². The van der Waals surface area contributed by atoms with Gasteiger partial charge in [-0.15, -0.1) is 0 Å². The topological polar surface area (TPSA) is 29.9 Å². The van der Waals surface area contributed by atoms with Gasteiger partial charge < -0.3 is 5.32 Å². The monoisotopic (exact) mass is 223 g/mol. The Morgan fingerprint density at radius 1 is 1.00 bits per heavy atom. The van der Waals surface area contributed by atoms with E-state index in [0.29, 0.717) is 0 Å². The molecule has 0 spiro atoms. The molecule has 0 aliphatic heterocycles. The van der Waals surface area contributed by atoms with Gasteiger partial charge in [0.05, 0.1) is 11.0 Å². The van der Waals surface area contributed by atoms with Gasteiger partial charge in [-0.3, -0.25) is 4.57 Å². The van der Waals surface area contributed by atoms with Crippen molar-refractivity contribution in [2.24, 2.45) is 0 Å². The minimum absolute atomic E-state index is 1.02. The number of aromatic nitrogens is 2. The minimum Gasteiger partial charge on any atom is -0.388 e. The molecule has 0 radical (unpaired) electrons. The molecule has 3 heteroatoms. The number of hydrogen-bond donors (Lipinski definition) is 1. The molecule has 0 fully saturated rings. The first-order valence-corrected chi connectivity index (χ1v) is 5.59. The van der Waals surface area contributed by atoms with Gasteiger partial charge >= 0.3 is 0 Å². The van der Waals surface area contributed by atoms with Crippen molar-refractivity contribution in [1.82, 2.24) is 9.55 Å². The zero-order valence-electron chi connectivity index (χ0n) is 9.59. The summed E-state index contributed by atoms with van der Waals surface area (Å²) in [6.07, 6.45) is 1.86. The third kappa shape index (κ3) is 1.65. The largest absolute Gasteiger partial charge is 0.388 e. The zero-order chi connectivity index (χ0) is 11.7. The van der Waals surface area contributed by atoms with Crippen LogP contribution in [-0.2, 0) is 0 Å². The number of hydrogen-bond acceptors (Lipinski definition) is 2. The summed E-state index contributed by atoms with van der Waals surface area (Å²) in [4.78, 5) is 4.38. The fraction of sp³-hybridized carbons (Fsp3) is 0.0714. The van der Waals surface area contributed by atoms with Crippen molar-refractivity contribution in [3.8, 4) is 5.69 Å². The molecule has 3 nitrogen and oxygen atoms in total. The van der Waals surface area contributed by atoms with E-state index < -0.39 is 0 Å². The molecular formula is C14H13N3. The smallest absolute Gasteiger partial charge is 0.100 e. The van der Waals surface area contributed by atoms with Crippen molar-refractivity contribution in [2.45, 2.75) is 0 Å². The van der Waals surface area contributed by atoms with Gasteiger partial charge in [0, 0.05) is 18.4 Å². The third-order valence-electron chi connectivity index (χ3n) is 2.89. The Kier molecular flexibility index (Phi) is 2.29. The molecule has 1 aromatic heterocycles. The number of para-hydroxylation sites is 2. The fourth-order valence-electron chi connectivity index (χ4n) is 1.95. The maximum absolute atomic E-state index is 4.38. The van der Waals surface area contributed by atoms with Crippen LogP contribution >= 0.6 is 0 Å². The Morgan fingerprint density at radius 3 is 2.53 bits per heavy atom. The standard InChI is InChI=1S/C14H13N3/c1-15-11-6-8-12(9-7-11)17-10-16-13-4-2-3-5-14(13)17/h2-10,15H,1H3. The van der Waals surface area contributed by atoms with E-state index in [-0.39, 0.29) is 0 Å². The quantitative estimate of drug-likeness (QED) is 0.723. The molecule has 0 atom stereocenters. The van der Waals surface area contributed by atoms with Gasteiger partial charge in [-0.25, -0.2) is 4.98 Å². The summed E-state index contributed by atoms with van der Waals surface area (Å²) in [5, 5.41) is 3.11. The molecule has 1 heterocycles. The predicted octanol–water partition coefficient (Wildman–Crippen LogP) is 3.07. The molecule has 0 unspecified atom stereocenters. The van der Waals surface area contributed by atoms with Crippen LogP contribution in [0.4, 0.5) is 5.69 Å². The summed E-state index contributed by atoms with van der Waals surface area (Å²) in [6.45, 7) is 0. The van der Waals surface area contributed by atoms with Crippen molar-refractivity contribution in [3.63, 3.8) is 0 Å². The highest BCUT2D eigenvalue weighted by Crippen LogP contribution is 2.19. The number of benzene rings is 2. The maximum atomic E-state index is 4.38. The fourth-order valence-corrected chi connectivity index (χ4v) is 1.95. The van der Waals surface area contributed by atoms with E-state index in [1.54, 1.807) is 0 Å². The lowest BCUT2D eigenvalue weighted by Gasteiger charge is -2.05. The van der Waals surface area contributed by atoms with Gasteiger partial charge in [-0.2, -0.15) is 0 Å². The van der Waals surface area contributed by atoms with Crippen LogP contribution in [-0.4, -0.2) is 16.6 Å². The highest BCUT2D eigenvalue weighted by atomic mass is 15.0. The normalized spacial score (nSPS) is 10.6.